The zero-order valence-electron chi connectivity index (χ0n) is 10.5. The van der Waals surface area contributed by atoms with E-state index in [1.54, 1.807) is 0 Å². The first-order chi connectivity index (χ1) is 9.36. The van der Waals surface area contributed by atoms with Crippen molar-refractivity contribution in [2.75, 3.05) is 11.6 Å². The molecule has 7 nitrogen and oxygen atoms in total. The minimum atomic E-state index is -3.28. The molecule has 0 saturated heterocycles. The summed E-state index contributed by atoms with van der Waals surface area (Å²) in [6, 6.07) is 6.76. The van der Waals surface area contributed by atoms with Crippen LogP contribution >= 0.6 is 0 Å². The zero-order valence-corrected chi connectivity index (χ0v) is 11.3. The van der Waals surface area contributed by atoms with Gasteiger partial charge in [-0.25, -0.2) is 13.4 Å². The number of nitrogens with zero attached hydrogens (tertiary/aromatic N) is 1. The van der Waals surface area contributed by atoms with Gasteiger partial charge in [0, 0.05) is 18.0 Å². The highest BCUT2D eigenvalue weighted by Gasteiger charge is 2.10. The van der Waals surface area contributed by atoms with Gasteiger partial charge in [-0.05, 0) is 24.3 Å². The normalized spacial score (nSPS) is 11.1. The molecule has 0 bridgehead atoms. The molecular weight excluding hydrogens is 282 g/mol. The fraction of sp³-hybridized carbons (Fsp3) is 0.0833. The van der Waals surface area contributed by atoms with Gasteiger partial charge in [0.2, 0.25) is 0 Å². The van der Waals surface area contributed by atoms with Gasteiger partial charge in [-0.3, -0.25) is 9.59 Å². The Morgan fingerprint density at radius 1 is 1.25 bits per heavy atom. The molecule has 0 unspecified atom stereocenters. The predicted molar refractivity (Wildman–Crippen MR) is 72.4 cm³/mol. The van der Waals surface area contributed by atoms with Crippen LogP contribution in [-0.4, -0.2) is 30.5 Å². The van der Waals surface area contributed by atoms with E-state index in [0.29, 0.717) is 5.69 Å². The first kappa shape index (κ1) is 13.9. The van der Waals surface area contributed by atoms with Gasteiger partial charge in [0.15, 0.2) is 9.84 Å². The van der Waals surface area contributed by atoms with E-state index in [9.17, 15) is 18.0 Å². The van der Waals surface area contributed by atoms with Crippen molar-refractivity contribution in [3.63, 3.8) is 0 Å². The van der Waals surface area contributed by atoms with E-state index < -0.39 is 21.3 Å². The molecule has 2 rings (SSSR count). The van der Waals surface area contributed by atoms with Crippen LogP contribution in [-0.2, 0) is 9.84 Å². The molecule has 0 radical (unpaired) electrons. The second-order valence-corrected chi connectivity index (χ2v) is 6.06. The minimum Gasteiger partial charge on any atom is -0.321 e. The fourth-order valence-electron chi connectivity index (χ4n) is 1.47. The summed E-state index contributed by atoms with van der Waals surface area (Å²) in [5.41, 5.74) is -0.0528. The molecule has 8 heteroatoms. The Kier molecular flexibility index (Phi) is 3.66. The van der Waals surface area contributed by atoms with Crippen molar-refractivity contribution in [3.05, 3.63) is 52.7 Å². The van der Waals surface area contributed by atoms with Crippen molar-refractivity contribution < 1.29 is 13.2 Å². The minimum absolute atomic E-state index is 0.0269. The molecule has 0 saturated carbocycles. The molecule has 0 fully saturated rings. The Morgan fingerprint density at radius 3 is 2.45 bits per heavy atom. The van der Waals surface area contributed by atoms with Crippen LogP contribution in [0, 0.1) is 0 Å². The molecule has 2 aromatic rings. The van der Waals surface area contributed by atoms with Crippen LogP contribution in [0.4, 0.5) is 5.69 Å². The molecule has 2 N–H and O–H groups in total. The van der Waals surface area contributed by atoms with Gasteiger partial charge in [-0.1, -0.05) is 0 Å². The molecule has 0 aliphatic rings. The summed E-state index contributed by atoms with van der Waals surface area (Å²) in [7, 11) is -3.28. The number of sulfone groups is 1. The van der Waals surface area contributed by atoms with Gasteiger partial charge in [-0.15, -0.1) is 0 Å². The molecular formula is C12H11N3O4S. The third-order valence-corrected chi connectivity index (χ3v) is 3.58. The van der Waals surface area contributed by atoms with Gasteiger partial charge in [0.1, 0.15) is 5.69 Å². The molecule has 0 aliphatic carbocycles. The van der Waals surface area contributed by atoms with Gasteiger partial charge in [0.25, 0.3) is 11.5 Å². The third kappa shape index (κ3) is 3.29. The number of aromatic nitrogens is 2. The number of H-pyrrole nitrogens is 1. The number of carbonyl (C=O) groups is 1. The number of amides is 1. The largest absolute Gasteiger partial charge is 0.321 e. The van der Waals surface area contributed by atoms with Crippen LogP contribution in [0.2, 0.25) is 0 Å². The maximum absolute atomic E-state index is 11.8. The highest BCUT2D eigenvalue weighted by molar-refractivity contribution is 7.90. The van der Waals surface area contributed by atoms with Gasteiger partial charge < -0.3 is 10.3 Å². The molecule has 1 aromatic carbocycles. The van der Waals surface area contributed by atoms with Crippen molar-refractivity contribution in [3.8, 4) is 0 Å². The lowest BCUT2D eigenvalue weighted by molar-refractivity contribution is 0.102. The van der Waals surface area contributed by atoms with Gasteiger partial charge in [0.05, 0.1) is 11.2 Å². The van der Waals surface area contributed by atoms with E-state index in [4.69, 9.17) is 0 Å². The highest BCUT2D eigenvalue weighted by atomic mass is 32.2. The molecule has 20 heavy (non-hydrogen) atoms. The van der Waals surface area contributed by atoms with Crippen molar-refractivity contribution in [1.29, 1.82) is 0 Å². The fourth-order valence-corrected chi connectivity index (χ4v) is 2.10. The summed E-state index contributed by atoms with van der Waals surface area (Å²) in [6.07, 6.45) is 2.23. The third-order valence-electron chi connectivity index (χ3n) is 2.45. The molecule has 0 atom stereocenters. The Bertz CT molecular complexity index is 794. The maximum Gasteiger partial charge on any atom is 0.274 e. The van der Waals surface area contributed by atoms with Crippen LogP contribution in [0.5, 0.6) is 0 Å². The van der Waals surface area contributed by atoms with Crippen molar-refractivity contribution >= 4 is 21.4 Å². The number of hydrogen-bond donors (Lipinski definition) is 2. The molecule has 1 amide bonds. The maximum atomic E-state index is 11.8. The van der Waals surface area contributed by atoms with Crippen LogP contribution in [0.3, 0.4) is 0 Å². The number of aromatic amines is 1. The lowest BCUT2D eigenvalue weighted by atomic mass is 10.3. The van der Waals surface area contributed by atoms with Crippen LogP contribution in [0.15, 0.2) is 46.3 Å². The first-order valence-corrected chi connectivity index (χ1v) is 7.41. The van der Waals surface area contributed by atoms with Crippen molar-refractivity contribution in [2.45, 2.75) is 4.90 Å². The smallest absolute Gasteiger partial charge is 0.274 e. The average Bonchev–Trinajstić information content (AvgIpc) is 2.38. The summed E-state index contributed by atoms with van der Waals surface area (Å²) in [4.78, 5) is 29.1. The van der Waals surface area contributed by atoms with E-state index in [1.165, 1.54) is 24.3 Å². The Hall–Kier alpha value is -2.48. The summed E-state index contributed by atoms with van der Waals surface area (Å²) < 4.78 is 22.6. The SMILES string of the molecule is CS(=O)(=O)c1ccc(NC(=O)c2cc(=O)[nH]cn2)cc1. The number of benzene rings is 1. The predicted octanol–water partition coefficient (Wildman–Crippen LogP) is 0.426. The number of rotatable bonds is 3. The second-order valence-electron chi connectivity index (χ2n) is 4.05. The van der Waals surface area contributed by atoms with Crippen LogP contribution < -0.4 is 10.9 Å². The molecule has 1 aromatic heterocycles. The summed E-state index contributed by atoms with van der Waals surface area (Å²) in [5, 5.41) is 2.52. The van der Waals surface area contributed by atoms with E-state index in [2.05, 4.69) is 15.3 Å². The van der Waals surface area contributed by atoms with E-state index in [0.717, 1.165) is 18.6 Å². The standard InChI is InChI=1S/C12H11N3O4S/c1-20(18,19)9-4-2-8(3-5-9)15-12(17)10-6-11(16)14-7-13-10/h2-7H,1H3,(H,15,17)(H,13,14,16). The number of nitrogens with one attached hydrogen (secondary N) is 2. The summed E-state index contributed by atoms with van der Waals surface area (Å²) in [6.45, 7) is 0. The van der Waals surface area contributed by atoms with E-state index in [-0.39, 0.29) is 10.6 Å². The van der Waals surface area contributed by atoms with Crippen LogP contribution in [0.1, 0.15) is 10.5 Å². The topological polar surface area (TPSA) is 109 Å². The monoisotopic (exact) mass is 293 g/mol. The average molecular weight is 293 g/mol. The molecule has 1 heterocycles. The number of hydrogen-bond acceptors (Lipinski definition) is 5. The number of anilines is 1. The summed E-state index contributed by atoms with van der Waals surface area (Å²) >= 11 is 0. The van der Waals surface area contributed by atoms with Crippen molar-refractivity contribution in [1.82, 2.24) is 9.97 Å². The van der Waals surface area contributed by atoms with Crippen LogP contribution in [0.25, 0.3) is 0 Å². The summed E-state index contributed by atoms with van der Waals surface area (Å²) in [5.74, 6) is -0.553. The Labute approximate surface area is 114 Å². The Morgan fingerprint density at radius 2 is 1.90 bits per heavy atom. The lowest BCUT2D eigenvalue weighted by Gasteiger charge is -2.05. The Balaban J connectivity index is 2.18. The molecule has 0 spiro atoms. The first-order valence-electron chi connectivity index (χ1n) is 5.52. The lowest BCUT2D eigenvalue weighted by Crippen LogP contribution is -2.17. The highest BCUT2D eigenvalue weighted by Crippen LogP contribution is 2.14. The van der Waals surface area contributed by atoms with Gasteiger partial charge >= 0.3 is 0 Å². The van der Waals surface area contributed by atoms with E-state index in [1.807, 2.05) is 0 Å². The van der Waals surface area contributed by atoms with Crippen molar-refractivity contribution in [2.24, 2.45) is 0 Å². The van der Waals surface area contributed by atoms with Gasteiger partial charge in [-0.2, -0.15) is 0 Å². The second kappa shape index (κ2) is 5.25. The molecule has 104 valence electrons. The molecule has 0 aliphatic heterocycles. The van der Waals surface area contributed by atoms with E-state index >= 15 is 0 Å². The zero-order chi connectivity index (χ0) is 14.8. The number of carbonyl (C=O) groups excluding carboxylic acids is 1. The quantitative estimate of drug-likeness (QED) is 0.852.